The fourth-order valence-corrected chi connectivity index (χ4v) is 3.47. The number of anilines is 1. The molecule has 1 saturated heterocycles. The van der Waals surface area contributed by atoms with Crippen LogP contribution in [0.2, 0.25) is 0 Å². The Balaban J connectivity index is 1.47. The van der Waals surface area contributed by atoms with E-state index in [1.54, 1.807) is 6.20 Å². The van der Waals surface area contributed by atoms with Crippen molar-refractivity contribution in [3.8, 4) is 0 Å². The number of primary amides is 1. The van der Waals surface area contributed by atoms with E-state index in [0.717, 1.165) is 31.6 Å². The van der Waals surface area contributed by atoms with Gasteiger partial charge in [-0.2, -0.15) is 0 Å². The molecule has 1 amide bonds. The van der Waals surface area contributed by atoms with Crippen LogP contribution in [0.25, 0.3) is 0 Å². The maximum absolute atomic E-state index is 11.3. The molecule has 1 aliphatic carbocycles. The summed E-state index contributed by atoms with van der Waals surface area (Å²) in [7, 11) is 0. The van der Waals surface area contributed by atoms with Crippen molar-refractivity contribution in [2.24, 2.45) is 10.7 Å². The van der Waals surface area contributed by atoms with Gasteiger partial charge in [-0.25, -0.2) is 4.99 Å². The number of piperidine rings is 1. The molecule has 7 nitrogen and oxygen atoms in total. The largest absolute Gasteiger partial charge is 0.366 e. The van der Waals surface area contributed by atoms with Crippen molar-refractivity contribution in [2.45, 2.75) is 43.6 Å². The van der Waals surface area contributed by atoms with Gasteiger partial charge in [-0.05, 0) is 62.4 Å². The number of nitrogens with zero attached hydrogens (tertiary/aromatic N) is 1. The van der Waals surface area contributed by atoms with Crippen molar-refractivity contribution in [3.63, 3.8) is 0 Å². The molecule has 26 heavy (non-hydrogen) atoms. The van der Waals surface area contributed by atoms with Crippen molar-refractivity contribution in [1.29, 1.82) is 0 Å². The van der Waals surface area contributed by atoms with Crippen molar-refractivity contribution < 1.29 is 4.79 Å². The van der Waals surface area contributed by atoms with Gasteiger partial charge >= 0.3 is 0 Å². The smallest absolute Gasteiger partial charge is 0.266 e. The van der Waals surface area contributed by atoms with Crippen LogP contribution in [0, 0.1) is 0 Å². The Morgan fingerprint density at radius 3 is 2.46 bits per heavy atom. The third-order valence-corrected chi connectivity index (χ3v) is 5.16. The highest BCUT2D eigenvalue weighted by molar-refractivity contribution is 6.11. The molecule has 1 saturated carbocycles. The number of benzene rings is 1. The molecule has 7 heteroatoms. The van der Waals surface area contributed by atoms with Crippen LogP contribution < -0.4 is 27.0 Å². The van der Waals surface area contributed by atoms with Crippen LogP contribution in [-0.4, -0.2) is 37.2 Å². The standard InChI is InChI=1S/C19H26N6O/c20-18(26)15-11-22-19(23-12-15,25-17-5-6-17)24-16-3-1-13(2-4-16)14-7-9-21-10-8-14/h1-4,11-12,14,17,21-22,24-25H,5-10H2,(H2,20,26). The summed E-state index contributed by atoms with van der Waals surface area (Å²) in [6.07, 6.45) is 7.76. The molecule has 1 aromatic carbocycles. The molecule has 1 aromatic rings. The quantitative estimate of drug-likeness (QED) is 0.490. The van der Waals surface area contributed by atoms with Crippen LogP contribution in [0.15, 0.2) is 41.0 Å². The van der Waals surface area contributed by atoms with E-state index in [1.807, 2.05) is 0 Å². The number of nitrogens with one attached hydrogen (secondary N) is 4. The van der Waals surface area contributed by atoms with E-state index in [1.165, 1.54) is 24.6 Å². The van der Waals surface area contributed by atoms with Gasteiger partial charge in [0.2, 0.25) is 0 Å². The van der Waals surface area contributed by atoms with Gasteiger partial charge < -0.3 is 21.7 Å². The summed E-state index contributed by atoms with van der Waals surface area (Å²) >= 11 is 0. The molecule has 0 spiro atoms. The minimum absolute atomic E-state index is 0.362. The summed E-state index contributed by atoms with van der Waals surface area (Å²) in [4.78, 5) is 15.8. The first kappa shape index (κ1) is 17.1. The zero-order chi connectivity index (χ0) is 18.0. The Morgan fingerprint density at radius 1 is 1.15 bits per heavy atom. The Labute approximate surface area is 153 Å². The lowest BCUT2D eigenvalue weighted by Crippen LogP contribution is -2.61. The molecular formula is C19H26N6O. The van der Waals surface area contributed by atoms with E-state index >= 15 is 0 Å². The van der Waals surface area contributed by atoms with E-state index < -0.39 is 11.8 Å². The lowest BCUT2D eigenvalue weighted by atomic mass is 9.90. The predicted molar refractivity (Wildman–Crippen MR) is 103 cm³/mol. The molecule has 2 aliphatic heterocycles. The first-order valence-corrected chi connectivity index (χ1v) is 9.33. The molecule has 1 atom stereocenters. The molecule has 0 radical (unpaired) electrons. The molecule has 3 aliphatic rings. The highest BCUT2D eigenvalue weighted by Crippen LogP contribution is 2.28. The third-order valence-electron chi connectivity index (χ3n) is 5.16. The maximum Gasteiger partial charge on any atom is 0.266 e. The maximum atomic E-state index is 11.3. The molecule has 2 heterocycles. The van der Waals surface area contributed by atoms with E-state index in [-0.39, 0.29) is 0 Å². The van der Waals surface area contributed by atoms with Crippen molar-refractivity contribution in [3.05, 3.63) is 41.6 Å². The van der Waals surface area contributed by atoms with Crippen LogP contribution >= 0.6 is 0 Å². The normalized spacial score (nSPS) is 26.1. The van der Waals surface area contributed by atoms with Gasteiger partial charge in [0.05, 0.1) is 5.57 Å². The summed E-state index contributed by atoms with van der Waals surface area (Å²) in [5.41, 5.74) is 8.04. The van der Waals surface area contributed by atoms with E-state index in [9.17, 15) is 4.79 Å². The van der Waals surface area contributed by atoms with Gasteiger partial charge in [-0.15, -0.1) is 0 Å². The van der Waals surface area contributed by atoms with Gasteiger partial charge in [-0.3, -0.25) is 10.1 Å². The highest BCUT2D eigenvalue weighted by Gasteiger charge is 2.36. The first-order chi connectivity index (χ1) is 12.6. The Hall–Kier alpha value is -2.38. The second-order valence-corrected chi connectivity index (χ2v) is 7.27. The Morgan fingerprint density at radius 2 is 1.88 bits per heavy atom. The summed E-state index contributed by atoms with van der Waals surface area (Å²) < 4.78 is 0. The number of carbonyl (C=O) groups excluding carboxylic acids is 1. The molecule has 4 rings (SSSR count). The highest BCUT2D eigenvalue weighted by atomic mass is 16.1. The van der Waals surface area contributed by atoms with E-state index in [2.05, 4.69) is 50.5 Å². The lowest BCUT2D eigenvalue weighted by Gasteiger charge is -2.35. The Kier molecular flexibility index (Phi) is 4.65. The van der Waals surface area contributed by atoms with E-state index in [4.69, 9.17) is 5.73 Å². The Bertz CT molecular complexity index is 718. The van der Waals surface area contributed by atoms with Gasteiger partial charge in [0.1, 0.15) is 0 Å². The van der Waals surface area contributed by atoms with Gasteiger partial charge in [0.15, 0.2) is 0 Å². The summed E-state index contributed by atoms with van der Waals surface area (Å²) in [5, 5.41) is 13.5. The number of aliphatic imine (C=N–C) groups is 1. The average molecular weight is 354 g/mol. The average Bonchev–Trinajstić information content (AvgIpc) is 3.47. The molecular weight excluding hydrogens is 328 g/mol. The summed E-state index contributed by atoms with van der Waals surface area (Å²) in [6.45, 7) is 2.18. The predicted octanol–water partition coefficient (Wildman–Crippen LogP) is 0.972. The van der Waals surface area contributed by atoms with Gasteiger partial charge in [0, 0.05) is 24.1 Å². The molecule has 1 unspecified atom stereocenters. The third kappa shape index (κ3) is 3.89. The van der Waals surface area contributed by atoms with Crippen LogP contribution in [0.1, 0.15) is 37.2 Å². The first-order valence-electron chi connectivity index (χ1n) is 9.33. The fraction of sp³-hybridized carbons (Fsp3) is 0.474. The zero-order valence-corrected chi connectivity index (χ0v) is 14.8. The van der Waals surface area contributed by atoms with Crippen LogP contribution in [0.4, 0.5) is 5.69 Å². The lowest BCUT2D eigenvalue weighted by molar-refractivity contribution is -0.114. The number of nitrogens with two attached hydrogens (primary N) is 1. The van der Waals surface area contributed by atoms with Crippen molar-refractivity contribution >= 4 is 17.8 Å². The van der Waals surface area contributed by atoms with Crippen LogP contribution in [0.3, 0.4) is 0 Å². The number of hydrogen-bond acceptors (Lipinski definition) is 6. The van der Waals surface area contributed by atoms with Gasteiger partial charge in [0.25, 0.3) is 11.8 Å². The van der Waals surface area contributed by atoms with Gasteiger partial charge in [-0.1, -0.05) is 12.1 Å². The van der Waals surface area contributed by atoms with Crippen LogP contribution in [0.5, 0.6) is 0 Å². The number of amides is 1. The minimum atomic E-state index is -0.851. The molecule has 0 aromatic heterocycles. The van der Waals surface area contributed by atoms with Crippen molar-refractivity contribution in [2.75, 3.05) is 18.4 Å². The minimum Gasteiger partial charge on any atom is -0.366 e. The fourth-order valence-electron chi connectivity index (χ4n) is 3.47. The number of hydrogen-bond donors (Lipinski definition) is 5. The van der Waals surface area contributed by atoms with Crippen LogP contribution in [-0.2, 0) is 4.79 Å². The van der Waals surface area contributed by atoms with Crippen molar-refractivity contribution in [1.82, 2.24) is 16.0 Å². The number of rotatable bonds is 6. The topological polar surface area (TPSA) is 104 Å². The monoisotopic (exact) mass is 354 g/mol. The SMILES string of the molecule is NC(=O)C1=CNC(Nc2ccc(C3CCNCC3)cc2)(NC2CC2)N=C1. The van der Waals surface area contributed by atoms with E-state index in [0.29, 0.717) is 17.5 Å². The molecule has 138 valence electrons. The number of carbonyl (C=O) groups is 1. The molecule has 2 fully saturated rings. The second kappa shape index (κ2) is 7.09. The second-order valence-electron chi connectivity index (χ2n) is 7.27. The molecule has 6 N–H and O–H groups in total. The zero-order valence-electron chi connectivity index (χ0n) is 14.8. The summed E-state index contributed by atoms with van der Waals surface area (Å²) in [6, 6.07) is 9.00. The summed E-state index contributed by atoms with van der Waals surface area (Å²) in [5.74, 6) is -0.709. The molecule has 0 bridgehead atoms.